The Hall–Kier alpha value is -4.22. The maximum absolute atomic E-state index is 12.6. The second kappa shape index (κ2) is 14.3. The highest BCUT2D eigenvalue weighted by Crippen LogP contribution is 2.34. The second-order valence-electron chi connectivity index (χ2n) is 8.57. The van der Waals surface area contributed by atoms with E-state index in [1.807, 2.05) is 0 Å². The van der Waals surface area contributed by atoms with Gasteiger partial charge >= 0.3 is 12.4 Å². The quantitative estimate of drug-likeness (QED) is 0.192. The number of carbonyl (C=O) groups is 2. The third kappa shape index (κ3) is 8.42. The first-order valence-electron chi connectivity index (χ1n) is 12.0. The normalized spacial score (nSPS) is 16.1. The van der Waals surface area contributed by atoms with Gasteiger partial charge in [0.15, 0.2) is 24.0 Å². The van der Waals surface area contributed by atoms with E-state index in [4.69, 9.17) is 18.9 Å². The number of aliphatic hydroxyl groups excluding tert-OH is 1. The number of ether oxygens (including phenoxy) is 4. The molecule has 1 unspecified atom stereocenters. The molecule has 1 aliphatic heterocycles. The molecule has 0 aliphatic carbocycles. The van der Waals surface area contributed by atoms with Crippen molar-refractivity contribution >= 4 is 23.5 Å². The monoisotopic (exact) mass is 622 g/mol. The number of halogens is 6. The minimum atomic E-state index is -4.56. The Bertz CT molecular complexity index is 1370. The first-order chi connectivity index (χ1) is 20.0. The van der Waals surface area contributed by atoms with Crippen LogP contribution in [0.25, 0.3) is 0 Å². The molecule has 0 fully saturated rings. The molecule has 2 N–H and O–H groups in total. The van der Waals surface area contributed by atoms with E-state index in [0.29, 0.717) is 11.6 Å². The fraction of sp³-hybridized carbons (Fsp3) is 0.385. The minimum absolute atomic E-state index is 0.100. The predicted molar refractivity (Wildman–Crippen MR) is 138 cm³/mol. The fourth-order valence-electron chi connectivity index (χ4n) is 3.74. The standard InChI is InChI=1S/C14H17F3N2O4.C12H11F3N2O3/c1-8(13(22-3)23-4)11(21-2)12(20)19-10-7-9(5-6-18-10)14(15,16)17;1-6-9(20-2)11(19)17(10(6)18)8-5-7(3-4-16-8)12(13,14)15/h5-7,13H,1-4H3,(H,18,19,20);3-5,10,18H,1-2H3/b11-8+;. The molecule has 0 radical (unpaired) electrons. The molecule has 236 valence electrons. The van der Waals surface area contributed by atoms with E-state index >= 15 is 0 Å². The van der Waals surface area contributed by atoms with Crippen LogP contribution in [0.3, 0.4) is 0 Å². The molecule has 2 amide bonds. The molecule has 0 saturated heterocycles. The molecule has 2 aromatic rings. The molecule has 0 saturated carbocycles. The topological polar surface area (TPSA) is 132 Å². The Labute approximate surface area is 241 Å². The number of aliphatic hydroxyl groups is 1. The van der Waals surface area contributed by atoms with E-state index in [0.717, 1.165) is 35.5 Å². The number of carbonyl (C=O) groups excluding carboxylic acids is 2. The lowest BCUT2D eigenvalue weighted by atomic mass is 10.2. The number of methoxy groups -OCH3 is 4. The Balaban J connectivity index is 0.000000303. The first-order valence-corrected chi connectivity index (χ1v) is 12.0. The zero-order chi connectivity index (χ0) is 32.7. The lowest BCUT2D eigenvalue weighted by Gasteiger charge is -2.21. The van der Waals surface area contributed by atoms with Gasteiger partial charge in [0.1, 0.15) is 11.6 Å². The van der Waals surface area contributed by atoms with E-state index in [-0.39, 0.29) is 28.7 Å². The van der Waals surface area contributed by atoms with Crippen molar-refractivity contribution in [1.82, 2.24) is 9.97 Å². The van der Waals surface area contributed by atoms with E-state index in [1.54, 1.807) is 0 Å². The van der Waals surface area contributed by atoms with Crippen LogP contribution >= 0.6 is 0 Å². The molecular formula is C26H28F6N4O7. The first kappa shape index (κ1) is 35.0. The Morgan fingerprint density at radius 1 is 0.977 bits per heavy atom. The largest absolute Gasteiger partial charge is 0.491 e. The van der Waals surface area contributed by atoms with Gasteiger partial charge in [-0.25, -0.2) is 9.97 Å². The average molecular weight is 623 g/mol. The molecule has 0 bridgehead atoms. The smallest absolute Gasteiger partial charge is 0.416 e. The van der Waals surface area contributed by atoms with Crippen LogP contribution in [-0.2, 0) is 40.9 Å². The van der Waals surface area contributed by atoms with Crippen molar-refractivity contribution < 1.29 is 60.0 Å². The Kier molecular flexibility index (Phi) is 11.6. The van der Waals surface area contributed by atoms with Gasteiger partial charge < -0.3 is 29.4 Å². The van der Waals surface area contributed by atoms with Crippen LogP contribution in [0.5, 0.6) is 0 Å². The SMILES string of the molecule is CO/C(C(=O)Nc1cc(C(F)(F)F)ccn1)=C(\C)C(OC)OC.COC1=C(C)C(O)N(c2cc(C(F)(F)F)ccn2)C1=O. The summed E-state index contributed by atoms with van der Waals surface area (Å²) in [4.78, 5) is 32.3. The Morgan fingerprint density at radius 3 is 1.98 bits per heavy atom. The van der Waals surface area contributed by atoms with Crippen molar-refractivity contribution in [3.63, 3.8) is 0 Å². The molecule has 1 aliphatic rings. The molecule has 0 aromatic carbocycles. The van der Waals surface area contributed by atoms with Crippen LogP contribution in [0.4, 0.5) is 38.0 Å². The van der Waals surface area contributed by atoms with Crippen LogP contribution < -0.4 is 10.2 Å². The summed E-state index contributed by atoms with van der Waals surface area (Å²) < 4.78 is 95.7. The third-order valence-corrected chi connectivity index (χ3v) is 5.81. The molecule has 1 atom stereocenters. The molecule has 11 nitrogen and oxygen atoms in total. The number of hydrogen-bond acceptors (Lipinski definition) is 9. The summed E-state index contributed by atoms with van der Waals surface area (Å²) in [6, 6.07) is 3.02. The molecule has 3 heterocycles. The Morgan fingerprint density at radius 2 is 1.51 bits per heavy atom. The van der Waals surface area contributed by atoms with E-state index in [1.165, 1.54) is 42.3 Å². The van der Waals surface area contributed by atoms with E-state index in [9.17, 15) is 41.0 Å². The van der Waals surface area contributed by atoms with Gasteiger partial charge in [0.05, 0.1) is 25.3 Å². The van der Waals surface area contributed by atoms with Gasteiger partial charge in [-0.05, 0) is 38.1 Å². The number of hydrogen-bond donors (Lipinski definition) is 2. The number of aromatic nitrogens is 2. The zero-order valence-electron chi connectivity index (χ0n) is 23.6. The zero-order valence-corrected chi connectivity index (χ0v) is 23.6. The number of anilines is 2. The highest BCUT2D eigenvalue weighted by atomic mass is 19.4. The van der Waals surface area contributed by atoms with Crippen molar-refractivity contribution in [3.8, 4) is 0 Å². The van der Waals surface area contributed by atoms with Gasteiger partial charge in [-0.1, -0.05) is 0 Å². The fourth-order valence-corrected chi connectivity index (χ4v) is 3.74. The van der Waals surface area contributed by atoms with Crippen LogP contribution in [0.15, 0.2) is 59.3 Å². The summed E-state index contributed by atoms with van der Waals surface area (Å²) in [7, 11) is 5.24. The number of pyridine rings is 2. The van der Waals surface area contributed by atoms with E-state index < -0.39 is 47.8 Å². The molecule has 3 rings (SSSR count). The van der Waals surface area contributed by atoms with Gasteiger partial charge in [0.2, 0.25) is 0 Å². The molecule has 2 aromatic heterocycles. The maximum atomic E-state index is 12.6. The lowest BCUT2D eigenvalue weighted by molar-refractivity contribution is -0.138. The van der Waals surface area contributed by atoms with Gasteiger partial charge in [0.25, 0.3) is 11.8 Å². The van der Waals surface area contributed by atoms with Gasteiger partial charge in [-0.15, -0.1) is 0 Å². The number of nitrogens with one attached hydrogen (secondary N) is 1. The van der Waals surface area contributed by atoms with Crippen molar-refractivity contribution in [1.29, 1.82) is 0 Å². The maximum Gasteiger partial charge on any atom is 0.416 e. The van der Waals surface area contributed by atoms with Crippen LogP contribution in [0, 0.1) is 0 Å². The number of alkyl halides is 6. The number of amides is 2. The lowest BCUT2D eigenvalue weighted by Crippen LogP contribution is -2.36. The minimum Gasteiger partial charge on any atom is -0.491 e. The van der Waals surface area contributed by atoms with Crippen LogP contribution in [0.1, 0.15) is 25.0 Å². The van der Waals surface area contributed by atoms with Crippen molar-refractivity contribution in [3.05, 3.63) is 70.5 Å². The molecule has 43 heavy (non-hydrogen) atoms. The van der Waals surface area contributed by atoms with Crippen LogP contribution in [0.2, 0.25) is 0 Å². The summed E-state index contributed by atoms with van der Waals surface area (Å²) >= 11 is 0. The summed E-state index contributed by atoms with van der Waals surface area (Å²) in [6.45, 7) is 2.99. The molecule has 0 spiro atoms. The summed E-state index contributed by atoms with van der Waals surface area (Å²) in [6.07, 6.45) is -9.43. The highest BCUT2D eigenvalue weighted by Gasteiger charge is 2.40. The van der Waals surface area contributed by atoms with Crippen molar-refractivity contribution in [2.75, 3.05) is 38.7 Å². The molecular weight excluding hydrogens is 594 g/mol. The number of rotatable bonds is 8. The predicted octanol–water partition coefficient (Wildman–Crippen LogP) is 4.26. The second-order valence-corrected chi connectivity index (χ2v) is 8.57. The summed E-state index contributed by atoms with van der Waals surface area (Å²) in [5, 5.41) is 12.2. The summed E-state index contributed by atoms with van der Waals surface area (Å²) in [5.74, 6) is -2.28. The highest BCUT2D eigenvalue weighted by molar-refractivity contribution is 6.07. The van der Waals surface area contributed by atoms with Crippen LogP contribution in [-0.4, -0.2) is 67.8 Å². The number of nitrogens with zero attached hydrogens (tertiary/aromatic N) is 3. The van der Waals surface area contributed by atoms with Gasteiger partial charge in [-0.2, -0.15) is 26.3 Å². The van der Waals surface area contributed by atoms with E-state index in [2.05, 4.69) is 15.3 Å². The van der Waals surface area contributed by atoms with Crippen molar-refractivity contribution in [2.24, 2.45) is 0 Å². The average Bonchev–Trinajstić information content (AvgIpc) is 3.16. The van der Waals surface area contributed by atoms with Gasteiger partial charge in [0, 0.05) is 37.8 Å². The third-order valence-electron chi connectivity index (χ3n) is 5.81. The molecule has 17 heteroatoms. The van der Waals surface area contributed by atoms with Crippen molar-refractivity contribution in [2.45, 2.75) is 38.7 Å². The van der Waals surface area contributed by atoms with Gasteiger partial charge in [-0.3, -0.25) is 14.5 Å². The summed E-state index contributed by atoms with van der Waals surface area (Å²) in [5.41, 5.74) is -1.33.